The molecule has 0 radical (unpaired) electrons. The van der Waals surface area contributed by atoms with Crippen molar-refractivity contribution in [2.24, 2.45) is 0 Å². The Bertz CT molecular complexity index is 858. The van der Waals surface area contributed by atoms with Gasteiger partial charge in [-0.1, -0.05) is 46.3 Å². The quantitative estimate of drug-likeness (QED) is 0.639. The second kappa shape index (κ2) is 9.30. The molecule has 0 bridgehead atoms. The third-order valence-corrected chi connectivity index (χ3v) is 5.69. The molecule has 3 rings (SSSR count). The van der Waals surface area contributed by atoms with Crippen LogP contribution in [0, 0.1) is 0 Å². The maximum absolute atomic E-state index is 12.8. The summed E-state index contributed by atoms with van der Waals surface area (Å²) in [6, 6.07) is 16.8. The van der Waals surface area contributed by atoms with E-state index in [1.165, 1.54) is 5.56 Å². The molecule has 2 aromatic rings. The summed E-state index contributed by atoms with van der Waals surface area (Å²) in [5, 5.41) is 3.36. The third-order valence-electron chi connectivity index (χ3n) is 4.71. The number of benzene rings is 2. The van der Waals surface area contributed by atoms with E-state index in [1.807, 2.05) is 66.4 Å². The number of nitrogens with one attached hydrogen (secondary N) is 1. The molecular formula is C21H22BrN3O2S. The summed E-state index contributed by atoms with van der Waals surface area (Å²) in [5.41, 5.74) is 1.87. The lowest BCUT2D eigenvalue weighted by molar-refractivity contribution is -0.130. The minimum absolute atomic E-state index is 0.0698. The molecule has 28 heavy (non-hydrogen) atoms. The van der Waals surface area contributed by atoms with E-state index in [9.17, 15) is 9.59 Å². The first-order chi connectivity index (χ1) is 13.5. The van der Waals surface area contributed by atoms with E-state index in [1.54, 1.807) is 4.90 Å². The van der Waals surface area contributed by atoms with Crippen molar-refractivity contribution in [3.63, 3.8) is 0 Å². The number of carbonyl (C=O) groups excluding carboxylic acids is 2. The summed E-state index contributed by atoms with van der Waals surface area (Å²) in [7, 11) is 0. The van der Waals surface area contributed by atoms with Gasteiger partial charge in [0.15, 0.2) is 5.11 Å². The maximum Gasteiger partial charge on any atom is 0.252 e. The molecule has 1 atom stereocenters. The van der Waals surface area contributed by atoms with Crippen LogP contribution in [-0.4, -0.2) is 45.9 Å². The van der Waals surface area contributed by atoms with Crippen molar-refractivity contribution in [1.29, 1.82) is 0 Å². The molecule has 0 aliphatic carbocycles. The van der Waals surface area contributed by atoms with Gasteiger partial charge in [-0.2, -0.15) is 0 Å². The molecule has 0 spiro atoms. The minimum Gasteiger partial charge on any atom is -0.336 e. The smallest absolute Gasteiger partial charge is 0.252 e. The predicted octanol–water partition coefficient (Wildman–Crippen LogP) is 3.84. The highest BCUT2D eigenvalue weighted by molar-refractivity contribution is 9.10. The number of anilines is 1. The number of hydrogen-bond acceptors (Lipinski definition) is 3. The van der Waals surface area contributed by atoms with Gasteiger partial charge in [0.05, 0.1) is 6.42 Å². The van der Waals surface area contributed by atoms with Gasteiger partial charge in [0, 0.05) is 23.2 Å². The molecule has 1 aliphatic rings. The Morgan fingerprint density at radius 2 is 1.82 bits per heavy atom. The largest absolute Gasteiger partial charge is 0.336 e. The predicted molar refractivity (Wildman–Crippen MR) is 118 cm³/mol. The molecule has 1 N–H and O–H groups in total. The minimum atomic E-state index is -0.563. The van der Waals surface area contributed by atoms with Crippen molar-refractivity contribution in [2.45, 2.75) is 25.8 Å². The molecule has 1 aliphatic heterocycles. The number of amides is 2. The number of halogens is 1. The average Bonchev–Trinajstić information content (AvgIpc) is 2.92. The molecule has 2 amide bonds. The molecule has 1 heterocycles. The Morgan fingerprint density at radius 1 is 1.14 bits per heavy atom. The Balaban J connectivity index is 1.69. The Hall–Kier alpha value is -2.25. The van der Waals surface area contributed by atoms with Gasteiger partial charge in [-0.25, -0.2) is 0 Å². The first-order valence-electron chi connectivity index (χ1n) is 9.21. The lowest BCUT2D eigenvalue weighted by atomic mass is 10.1. The van der Waals surface area contributed by atoms with Gasteiger partial charge < -0.3 is 10.2 Å². The summed E-state index contributed by atoms with van der Waals surface area (Å²) in [4.78, 5) is 28.8. The third kappa shape index (κ3) is 4.77. The summed E-state index contributed by atoms with van der Waals surface area (Å²) in [5.74, 6) is -0.308. The van der Waals surface area contributed by atoms with Gasteiger partial charge in [0.2, 0.25) is 5.91 Å². The van der Waals surface area contributed by atoms with Crippen LogP contribution in [0.5, 0.6) is 0 Å². The number of hydrogen-bond donors (Lipinski definition) is 1. The molecule has 1 unspecified atom stereocenters. The number of carbonyl (C=O) groups is 2. The highest BCUT2D eigenvalue weighted by Gasteiger charge is 2.42. The van der Waals surface area contributed by atoms with E-state index in [0.29, 0.717) is 23.9 Å². The highest BCUT2D eigenvalue weighted by atomic mass is 79.9. The van der Waals surface area contributed by atoms with Crippen molar-refractivity contribution >= 4 is 50.8 Å². The molecule has 7 heteroatoms. The summed E-state index contributed by atoms with van der Waals surface area (Å²) in [6.07, 6.45) is 0.830. The number of likely N-dealkylation sites (N-methyl/N-ethyl adjacent to an activating group) is 1. The van der Waals surface area contributed by atoms with E-state index in [0.717, 1.165) is 10.9 Å². The summed E-state index contributed by atoms with van der Waals surface area (Å²) < 4.78 is 0.937. The van der Waals surface area contributed by atoms with E-state index >= 15 is 0 Å². The molecule has 1 fully saturated rings. The fourth-order valence-corrected chi connectivity index (χ4v) is 3.95. The summed E-state index contributed by atoms with van der Waals surface area (Å²) >= 11 is 8.89. The fraction of sp³-hybridized carbons (Fsp3) is 0.286. The van der Waals surface area contributed by atoms with Gasteiger partial charge in [-0.3, -0.25) is 14.5 Å². The van der Waals surface area contributed by atoms with Crippen LogP contribution in [0.1, 0.15) is 18.9 Å². The molecular weight excluding hydrogens is 438 g/mol. The zero-order valence-electron chi connectivity index (χ0n) is 15.6. The highest BCUT2D eigenvalue weighted by Crippen LogP contribution is 2.22. The number of thiocarbonyl (C=S) groups is 1. The second-order valence-corrected chi connectivity index (χ2v) is 7.85. The first kappa shape index (κ1) is 20.5. The van der Waals surface area contributed by atoms with Crippen LogP contribution >= 0.6 is 28.1 Å². The van der Waals surface area contributed by atoms with Crippen molar-refractivity contribution in [3.05, 3.63) is 64.6 Å². The first-order valence-corrected chi connectivity index (χ1v) is 10.4. The van der Waals surface area contributed by atoms with Crippen LogP contribution in [0.15, 0.2) is 59.1 Å². The monoisotopic (exact) mass is 459 g/mol. The zero-order chi connectivity index (χ0) is 20.1. The Labute approximate surface area is 178 Å². The zero-order valence-corrected chi connectivity index (χ0v) is 18.0. The average molecular weight is 460 g/mol. The molecule has 2 aromatic carbocycles. The lowest BCUT2D eigenvalue weighted by Crippen LogP contribution is -2.39. The van der Waals surface area contributed by atoms with Gasteiger partial charge in [0.1, 0.15) is 6.04 Å². The molecule has 0 saturated carbocycles. The van der Waals surface area contributed by atoms with E-state index in [4.69, 9.17) is 12.2 Å². The Morgan fingerprint density at radius 3 is 2.46 bits per heavy atom. The van der Waals surface area contributed by atoms with Crippen molar-refractivity contribution in [1.82, 2.24) is 9.80 Å². The van der Waals surface area contributed by atoms with Gasteiger partial charge in [-0.15, -0.1) is 0 Å². The lowest BCUT2D eigenvalue weighted by Gasteiger charge is -2.23. The van der Waals surface area contributed by atoms with Gasteiger partial charge >= 0.3 is 0 Å². The molecule has 1 saturated heterocycles. The van der Waals surface area contributed by atoms with Crippen molar-refractivity contribution < 1.29 is 9.59 Å². The van der Waals surface area contributed by atoms with Crippen LogP contribution in [0.3, 0.4) is 0 Å². The molecule has 146 valence electrons. The Kier molecular flexibility index (Phi) is 6.80. The van der Waals surface area contributed by atoms with E-state index in [-0.39, 0.29) is 18.2 Å². The topological polar surface area (TPSA) is 52.7 Å². The number of nitrogens with zero attached hydrogens (tertiary/aromatic N) is 2. The van der Waals surface area contributed by atoms with Crippen LogP contribution in [0.25, 0.3) is 0 Å². The van der Waals surface area contributed by atoms with Crippen molar-refractivity contribution in [3.8, 4) is 0 Å². The summed E-state index contributed by atoms with van der Waals surface area (Å²) in [6.45, 7) is 3.00. The van der Waals surface area contributed by atoms with E-state index < -0.39 is 6.04 Å². The van der Waals surface area contributed by atoms with Gasteiger partial charge in [-0.05, 0) is 55.4 Å². The molecule has 0 aromatic heterocycles. The van der Waals surface area contributed by atoms with Crippen LogP contribution < -0.4 is 5.32 Å². The molecule has 5 nitrogen and oxygen atoms in total. The number of rotatable bonds is 7. The standard InChI is InChI=1S/C21H22BrN3O2S/c1-2-24-20(27)18(14-19(26)23-17-10-8-16(22)9-11-17)25(21(24)28)13-12-15-6-4-3-5-7-15/h3-11,18H,2,12-14H2,1H3,(H,23,26). The SMILES string of the molecule is CCN1C(=O)C(CC(=O)Nc2ccc(Br)cc2)N(CCc2ccccc2)C1=S. The van der Waals surface area contributed by atoms with Gasteiger partial charge in [0.25, 0.3) is 5.91 Å². The van der Waals surface area contributed by atoms with Crippen LogP contribution in [-0.2, 0) is 16.0 Å². The normalized spacial score (nSPS) is 16.6. The second-order valence-electron chi connectivity index (χ2n) is 6.57. The van der Waals surface area contributed by atoms with E-state index in [2.05, 4.69) is 21.2 Å². The van der Waals surface area contributed by atoms with Crippen molar-refractivity contribution in [2.75, 3.05) is 18.4 Å². The van der Waals surface area contributed by atoms with Crippen LogP contribution in [0.2, 0.25) is 0 Å². The van der Waals surface area contributed by atoms with Crippen LogP contribution in [0.4, 0.5) is 5.69 Å². The fourth-order valence-electron chi connectivity index (χ4n) is 3.25. The maximum atomic E-state index is 12.8.